The molecule has 2 atom stereocenters. The van der Waals surface area contributed by atoms with Crippen LogP contribution in [0.1, 0.15) is 6.42 Å². The van der Waals surface area contributed by atoms with E-state index in [0.717, 1.165) is 13.1 Å². The SMILES string of the molecule is OC1[C@H]2CNC[C@H]1C2. The van der Waals surface area contributed by atoms with Crippen LogP contribution in [0.5, 0.6) is 0 Å². The normalized spacial score (nSPS) is 52.9. The van der Waals surface area contributed by atoms with E-state index in [-0.39, 0.29) is 6.10 Å². The molecule has 2 saturated heterocycles. The van der Waals surface area contributed by atoms with Crippen molar-refractivity contribution in [2.24, 2.45) is 11.8 Å². The first-order valence-electron chi connectivity index (χ1n) is 3.26. The number of fused-ring (bicyclic) bond motifs is 2. The van der Waals surface area contributed by atoms with Gasteiger partial charge >= 0.3 is 0 Å². The zero-order valence-electron chi connectivity index (χ0n) is 4.80. The maximum Gasteiger partial charge on any atom is 0.0621 e. The Balaban J connectivity index is 2.03. The first kappa shape index (κ1) is 4.77. The number of hydrogen-bond donors (Lipinski definition) is 2. The Morgan fingerprint density at radius 3 is 2.12 bits per heavy atom. The molecule has 2 heterocycles. The van der Waals surface area contributed by atoms with Crippen LogP contribution in [0.2, 0.25) is 0 Å². The van der Waals surface area contributed by atoms with Crippen LogP contribution in [-0.2, 0) is 0 Å². The van der Waals surface area contributed by atoms with Gasteiger partial charge in [0, 0.05) is 13.1 Å². The van der Waals surface area contributed by atoms with Gasteiger partial charge in [0.15, 0.2) is 0 Å². The van der Waals surface area contributed by atoms with E-state index in [1.807, 2.05) is 0 Å². The van der Waals surface area contributed by atoms with E-state index in [2.05, 4.69) is 5.32 Å². The van der Waals surface area contributed by atoms with Crippen molar-refractivity contribution >= 4 is 0 Å². The van der Waals surface area contributed by atoms with Crippen molar-refractivity contribution in [3.8, 4) is 0 Å². The lowest BCUT2D eigenvalue weighted by Crippen LogP contribution is -2.56. The summed E-state index contributed by atoms with van der Waals surface area (Å²) < 4.78 is 0. The summed E-state index contributed by atoms with van der Waals surface area (Å²) in [4.78, 5) is 0. The Morgan fingerprint density at radius 1 is 1.25 bits per heavy atom. The fraction of sp³-hybridized carbons (Fsp3) is 1.00. The molecule has 0 radical (unpaired) electrons. The Kier molecular flexibility index (Phi) is 0.866. The van der Waals surface area contributed by atoms with Crippen molar-refractivity contribution < 1.29 is 5.11 Å². The summed E-state index contributed by atoms with van der Waals surface area (Å²) >= 11 is 0. The highest BCUT2D eigenvalue weighted by Gasteiger charge is 2.42. The minimum atomic E-state index is 0.0382. The molecule has 2 heteroatoms. The van der Waals surface area contributed by atoms with E-state index in [1.165, 1.54) is 6.42 Å². The summed E-state index contributed by atoms with van der Waals surface area (Å²) in [6.45, 7) is 2.08. The minimum Gasteiger partial charge on any atom is -0.392 e. The third-order valence-corrected chi connectivity index (χ3v) is 2.38. The number of hydrogen-bond acceptors (Lipinski definition) is 2. The minimum absolute atomic E-state index is 0.0382. The van der Waals surface area contributed by atoms with Gasteiger partial charge < -0.3 is 10.4 Å². The van der Waals surface area contributed by atoms with Gasteiger partial charge in [-0.3, -0.25) is 0 Å². The third kappa shape index (κ3) is 0.446. The average molecular weight is 113 g/mol. The standard InChI is InChI=1S/C6H11NO/c8-6-4-1-5(6)3-7-2-4/h4-8H,1-3H2/t4-,5-/m1/s1. The van der Waals surface area contributed by atoms with Gasteiger partial charge in [-0.25, -0.2) is 0 Å². The van der Waals surface area contributed by atoms with Crippen LogP contribution in [0, 0.1) is 11.8 Å². The zero-order chi connectivity index (χ0) is 5.56. The molecule has 1 aliphatic carbocycles. The Hall–Kier alpha value is -0.0800. The summed E-state index contributed by atoms with van der Waals surface area (Å²) in [5, 5.41) is 12.4. The van der Waals surface area contributed by atoms with Crippen molar-refractivity contribution in [2.45, 2.75) is 12.5 Å². The average Bonchev–Trinajstić information content (AvgIpc) is 1.89. The van der Waals surface area contributed by atoms with Crippen molar-refractivity contribution in [3.63, 3.8) is 0 Å². The number of rotatable bonds is 0. The molecular weight excluding hydrogens is 102 g/mol. The second-order valence-corrected chi connectivity index (χ2v) is 2.90. The summed E-state index contributed by atoms with van der Waals surface area (Å²) in [6, 6.07) is 0. The molecule has 46 valence electrons. The highest BCUT2D eigenvalue weighted by Crippen LogP contribution is 2.35. The van der Waals surface area contributed by atoms with Gasteiger partial charge in [-0.05, 0) is 18.3 Å². The summed E-state index contributed by atoms with van der Waals surface area (Å²) in [7, 11) is 0. The molecule has 3 rings (SSSR count). The molecule has 8 heavy (non-hydrogen) atoms. The van der Waals surface area contributed by atoms with Crippen LogP contribution in [0.15, 0.2) is 0 Å². The summed E-state index contributed by atoms with van der Waals surface area (Å²) in [5.41, 5.74) is 0. The van der Waals surface area contributed by atoms with Crippen molar-refractivity contribution in [1.82, 2.24) is 5.32 Å². The Morgan fingerprint density at radius 2 is 1.88 bits per heavy atom. The van der Waals surface area contributed by atoms with E-state index < -0.39 is 0 Å². The van der Waals surface area contributed by atoms with E-state index >= 15 is 0 Å². The fourth-order valence-electron chi connectivity index (χ4n) is 1.72. The highest BCUT2D eigenvalue weighted by atomic mass is 16.3. The monoisotopic (exact) mass is 113 g/mol. The van der Waals surface area contributed by atoms with Gasteiger partial charge in [-0.1, -0.05) is 0 Å². The van der Waals surface area contributed by atoms with E-state index in [0.29, 0.717) is 11.8 Å². The Bertz CT molecular complexity index is 90.7. The molecule has 2 bridgehead atoms. The van der Waals surface area contributed by atoms with E-state index in [9.17, 15) is 5.11 Å². The number of aliphatic hydroxyl groups excluding tert-OH is 1. The maximum absolute atomic E-state index is 9.19. The highest BCUT2D eigenvalue weighted by molar-refractivity contribution is 4.95. The predicted molar refractivity (Wildman–Crippen MR) is 30.5 cm³/mol. The van der Waals surface area contributed by atoms with Gasteiger partial charge in [0.1, 0.15) is 0 Å². The molecule has 0 aromatic carbocycles. The quantitative estimate of drug-likeness (QED) is 0.447. The molecular formula is C6H11NO. The van der Waals surface area contributed by atoms with Gasteiger partial charge in [0.05, 0.1) is 6.10 Å². The van der Waals surface area contributed by atoms with E-state index in [4.69, 9.17) is 0 Å². The molecule has 1 saturated carbocycles. The van der Waals surface area contributed by atoms with Crippen LogP contribution < -0.4 is 5.32 Å². The number of piperidine rings is 2. The van der Waals surface area contributed by atoms with Gasteiger partial charge in [-0.15, -0.1) is 0 Å². The maximum atomic E-state index is 9.19. The fourth-order valence-corrected chi connectivity index (χ4v) is 1.72. The van der Waals surface area contributed by atoms with Gasteiger partial charge in [-0.2, -0.15) is 0 Å². The van der Waals surface area contributed by atoms with Crippen molar-refractivity contribution in [2.75, 3.05) is 13.1 Å². The second kappa shape index (κ2) is 1.45. The zero-order valence-corrected chi connectivity index (χ0v) is 4.80. The van der Waals surface area contributed by atoms with Crippen LogP contribution in [0.4, 0.5) is 0 Å². The van der Waals surface area contributed by atoms with E-state index in [1.54, 1.807) is 0 Å². The van der Waals surface area contributed by atoms with Gasteiger partial charge in [0.2, 0.25) is 0 Å². The smallest absolute Gasteiger partial charge is 0.0621 e. The van der Waals surface area contributed by atoms with Gasteiger partial charge in [0.25, 0.3) is 0 Å². The predicted octanol–water partition coefficient (Wildman–Crippen LogP) is -0.413. The molecule has 0 amide bonds. The molecule has 0 spiro atoms. The van der Waals surface area contributed by atoms with Crippen LogP contribution >= 0.6 is 0 Å². The molecule has 3 aliphatic rings. The van der Waals surface area contributed by atoms with Crippen molar-refractivity contribution in [3.05, 3.63) is 0 Å². The second-order valence-electron chi connectivity index (χ2n) is 2.90. The molecule has 2 nitrogen and oxygen atoms in total. The molecule has 3 fully saturated rings. The van der Waals surface area contributed by atoms with Crippen LogP contribution in [-0.4, -0.2) is 24.3 Å². The lowest BCUT2D eigenvalue weighted by Gasteiger charge is -2.46. The first-order chi connectivity index (χ1) is 3.88. The molecule has 0 aromatic heterocycles. The summed E-state index contributed by atoms with van der Waals surface area (Å²) in [5.74, 6) is 1.18. The molecule has 2 N–H and O–H groups in total. The molecule has 0 unspecified atom stereocenters. The van der Waals surface area contributed by atoms with Crippen molar-refractivity contribution in [1.29, 1.82) is 0 Å². The Labute approximate surface area is 48.9 Å². The lowest BCUT2D eigenvalue weighted by atomic mass is 9.69. The van der Waals surface area contributed by atoms with Crippen LogP contribution in [0.3, 0.4) is 0 Å². The number of nitrogens with one attached hydrogen (secondary N) is 1. The molecule has 0 aromatic rings. The summed E-state index contributed by atoms with van der Waals surface area (Å²) in [6.07, 6.45) is 1.30. The van der Waals surface area contributed by atoms with Crippen LogP contribution in [0.25, 0.3) is 0 Å². The largest absolute Gasteiger partial charge is 0.392 e. The number of aliphatic hydroxyl groups is 1. The topological polar surface area (TPSA) is 32.3 Å². The lowest BCUT2D eigenvalue weighted by molar-refractivity contribution is -0.0630. The third-order valence-electron chi connectivity index (χ3n) is 2.38. The first-order valence-corrected chi connectivity index (χ1v) is 3.26. The molecule has 2 aliphatic heterocycles.